The number of amides is 1. The first-order valence-electron chi connectivity index (χ1n) is 7.61. The van der Waals surface area contributed by atoms with Crippen LogP contribution in [0.4, 0.5) is 0 Å². The second-order valence-electron chi connectivity index (χ2n) is 6.02. The molecule has 1 aliphatic heterocycles. The summed E-state index contributed by atoms with van der Waals surface area (Å²) in [4.78, 5) is 12.7. The van der Waals surface area contributed by atoms with Crippen molar-refractivity contribution in [3.63, 3.8) is 0 Å². The summed E-state index contributed by atoms with van der Waals surface area (Å²) < 4.78 is 27.0. The highest BCUT2D eigenvalue weighted by Crippen LogP contribution is 2.40. The zero-order chi connectivity index (χ0) is 16.6. The van der Waals surface area contributed by atoms with E-state index in [1.807, 2.05) is 37.3 Å². The lowest BCUT2D eigenvalue weighted by Crippen LogP contribution is -2.35. The Balaban J connectivity index is 2.07. The highest BCUT2D eigenvalue weighted by atomic mass is 32.2. The monoisotopic (exact) mass is 329 g/mol. The van der Waals surface area contributed by atoms with Gasteiger partial charge in [-0.3, -0.25) is 4.79 Å². The molecule has 1 saturated heterocycles. The molecule has 0 aliphatic carbocycles. The van der Waals surface area contributed by atoms with Crippen LogP contribution in [-0.4, -0.2) is 18.6 Å². The third-order valence-electron chi connectivity index (χ3n) is 4.26. The molecular formula is C18H19NO3S. The van der Waals surface area contributed by atoms with Crippen LogP contribution in [0.1, 0.15) is 30.5 Å². The third-order valence-corrected chi connectivity index (χ3v) is 6.08. The van der Waals surface area contributed by atoms with Crippen LogP contribution < -0.4 is 0 Å². The lowest BCUT2D eigenvalue weighted by atomic mass is 10.0. The van der Waals surface area contributed by atoms with Crippen molar-refractivity contribution in [2.24, 2.45) is 5.92 Å². The second-order valence-corrected chi connectivity index (χ2v) is 7.83. The zero-order valence-corrected chi connectivity index (χ0v) is 14.0. The van der Waals surface area contributed by atoms with Gasteiger partial charge in [-0.1, -0.05) is 55.0 Å². The average molecular weight is 329 g/mol. The third kappa shape index (κ3) is 2.77. The molecule has 1 amide bonds. The normalized spacial score (nSPS) is 21.7. The first kappa shape index (κ1) is 15.7. The first-order valence-corrected chi connectivity index (χ1v) is 9.05. The van der Waals surface area contributed by atoms with E-state index in [4.69, 9.17) is 0 Å². The number of nitrogens with zero attached hydrogens (tertiary/aromatic N) is 1. The molecule has 2 aromatic carbocycles. The number of carbonyl (C=O) groups is 1. The van der Waals surface area contributed by atoms with Crippen LogP contribution in [0.3, 0.4) is 0 Å². The highest BCUT2D eigenvalue weighted by Gasteiger charge is 2.45. The summed E-state index contributed by atoms with van der Waals surface area (Å²) in [7, 11) is -3.85. The van der Waals surface area contributed by atoms with Crippen LogP contribution in [0, 0.1) is 12.8 Å². The van der Waals surface area contributed by atoms with E-state index in [0.29, 0.717) is 6.42 Å². The van der Waals surface area contributed by atoms with Crippen molar-refractivity contribution in [1.29, 1.82) is 0 Å². The largest absolute Gasteiger partial charge is 0.273 e. The summed E-state index contributed by atoms with van der Waals surface area (Å²) in [6.45, 7) is 3.68. The van der Waals surface area contributed by atoms with E-state index in [0.717, 1.165) is 15.4 Å². The topological polar surface area (TPSA) is 54.5 Å². The number of sulfonamides is 1. The van der Waals surface area contributed by atoms with E-state index in [2.05, 4.69) is 0 Å². The van der Waals surface area contributed by atoms with Gasteiger partial charge in [0, 0.05) is 5.92 Å². The van der Waals surface area contributed by atoms with Crippen molar-refractivity contribution in [3.05, 3.63) is 65.7 Å². The molecule has 120 valence electrons. The van der Waals surface area contributed by atoms with Crippen molar-refractivity contribution >= 4 is 15.9 Å². The molecule has 1 aliphatic rings. The van der Waals surface area contributed by atoms with Crippen LogP contribution in [0.15, 0.2) is 59.5 Å². The predicted octanol–water partition coefficient (Wildman–Crippen LogP) is 3.29. The first-order chi connectivity index (χ1) is 10.9. The van der Waals surface area contributed by atoms with E-state index >= 15 is 0 Å². The zero-order valence-electron chi connectivity index (χ0n) is 13.1. The lowest BCUT2D eigenvalue weighted by molar-refractivity contribution is -0.127. The van der Waals surface area contributed by atoms with Gasteiger partial charge in [0.2, 0.25) is 5.91 Å². The van der Waals surface area contributed by atoms with Gasteiger partial charge in [-0.15, -0.1) is 0 Å². The molecule has 5 heteroatoms. The molecule has 0 saturated carbocycles. The summed E-state index contributed by atoms with van der Waals surface area (Å²) in [6.07, 6.45) is 0.508. The summed E-state index contributed by atoms with van der Waals surface area (Å²) in [6, 6.07) is 15.5. The Labute approximate surface area is 136 Å². The van der Waals surface area contributed by atoms with Crippen LogP contribution in [0.25, 0.3) is 0 Å². The fourth-order valence-corrected chi connectivity index (χ4v) is 4.63. The van der Waals surface area contributed by atoms with Gasteiger partial charge >= 0.3 is 0 Å². The van der Waals surface area contributed by atoms with Gasteiger partial charge in [-0.05, 0) is 31.0 Å². The van der Waals surface area contributed by atoms with Crippen molar-refractivity contribution in [2.45, 2.75) is 31.2 Å². The van der Waals surface area contributed by atoms with E-state index in [-0.39, 0.29) is 16.7 Å². The number of carbonyl (C=O) groups excluding carboxylic acids is 1. The Morgan fingerprint density at radius 1 is 1.00 bits per heavy atom. The van der Waals surface area contributed by atoms with Gasteiger partial charge in [0.25, 0.3) is 10.0 Å². The highest BCUT2D eigenvalue weighted by molar-refractivity contribution is 7.89. The fourth-order valence-electron chi connectivity index (χ4n) is 2.96. The molecule has 1 fully saturated rings. The quantitative estimate of drug-likeness (QED) is 0.868. The number of hydrogen-bond acceptors (Lipinski definition) is 3. The Bertz CT molecular complexity index is 813. The molecule has 3 rings (SSSR count). The molecule has 0 unspecified atom stereocenters. The Morgan fingerprint density at radius 2 is 1.61 bits per heavy atom. The minimum absolute atomic E-state index is 0.159. The van der Waals surface area contributed by atoms with E-state index in [1.54, 1.807) is 31.2 Å². The number of aryl methyl sites for hydroxylation is 1. The van der Waals surface area contributed by atoms with Crippen molar-refractivity contribution in [1.82, 2.24) is 4.31 Å². The molecule has 4 nitrogen and oxygen atoms in total. The maximum absolute atomic E-state index is 13.0. The second kappa shape index (κ2) is 5.81. The maximum atomic E-state index is 13.0. The Hall–Kier alpha value is -2.14. The van der Waals surface area contributed by atoms with Gasteiger partial charge in [0.1, 0.15) is 0 Å². The number of benzene rings is 2. The lowest BCUT2D eigenvalue weighted by Gasteiger charge is -2.24. The molecule has 1 heterocycles. The molecule has 0 bridgehead atoms. The maximum Gasteiger partial charge on any atom is 0.267 e. The smallest absolute Gasteiger partial charge is 0.267 e. The average Bonchev–Trinajstić information content (AvgIpc) is 2.85. The van der Waals surface area contributed by atoms with Gasteiger partial charge in [-0.25, -0.2) is 12.7 Å². The van der Waals surface area contributed by atoms with Crippen molar-refractivity contribution in [2.75, 3.05) is 0 Å². The molecule has 23 heavy (non-hydrogen) atoms. The van der Waals surface area contributed by atoms with Gasteiger partial charge in [-0.2, -0.15) is 0 Å². The van der Waals surface area contributed by atoms with Crippen LogP contribution in [0.2, 0.25) is 0 Å². The molecule has 0 radical (unpaired) electrons. The van der Waals surface area contributed by atoms with Crippen LogP contribution in [0.5, 0.6) is 0 Å². The van der Waals surface area contributed by atoms with Crippen molar-refractivity contribution < 1.29 is 13.2 Å². The fraction of sp³-hybridized carbons (Fsp3) is 0.278. The summed E-state index contributed by atoms with van der Waals surface area (Å²) >= 11 is 0. The Kier molecular flexibility index (Phi) is 3.98. The molecule has 0 N–H and O–H groups in total. The van der Waals surface area contributed by atoms with Crippen molar-refractivity contribution in [3.8, 4) is 0 Å². The molecule has 2 aromatic rings. The van der Waals surface area contributed by atoms with E-state index < -0.39 is 16.1 Å². The van der Waals surface area contributed by atoms with Gasteiger partial charge in [0.15, 0.2) is 0 Å². The van der Waals surface area contributed by atoms with E-state index in [1.165, 1.54) is 0 Å². The van der Waals surface area contributed by atoms with Gasteiger partial charge in [0.05, 0.1) is 10.9 Å². The molecule has 0 spiro atoms. The SMILES string of the molecule is Cc1ccc(S(=O)(=O)N2C(=O)[C@@H](C)C[C@@H]2c2ccccc2)cc1. The standard InChI is InChI=1S/C18H19NO3S/c1-13-8-10-16(11-9-13)23(21,22)19-17(12-14(2)18(19)20)15-6-4-3-5-7-15/h3-11,14,17H,12H2,1-2H3/t14-,17+/m0/s1. The van der Waals surface area contributed by atoms with E-state index in [9.17, 15) is 13.2 Å². The molecular weight excluding hydrogens is 310 g/mol. The Morgan fingerprint density at radius 3 is 2.22 bits per heavy atom. The predicted molar refractivity (Wildman–Crippen MR) is 88.2 cm³/mol. The minimum Gasteiger partial charge on any atom is -0.273 e. The summed E-state index contributed by atoms with van der Waals surface area (Å²) in [5.74, 6) is -0.639. The summed E-state index contributed by atoms with van der Waals surface area (Å²) in [5.41, 5.74) is 1.82. The molecule has 0 aromatic heterocycles. The minimum atomic E-state index is -3.85. The van der Waals surface area contributed by atoms with Gasteiger partial charge < -0.3 is 0 Å². The van der Waals surface area contributed by atoms with Crippen LogP contribution >= 0.6 is 0 Å². The summed E-state index contributed by atoms with van der Waals surface area (Å²) in [5, 5.41) is 0. The number of rotatable bonds is 3. The molecule has 2 atom stereocenters. The number of hydrogen-bond donors (Lipinski definition) is 0. The van der Waals surface area contributed by atoms with Crippen LogP contribution in [-0.2, 0) is 14.8 Å².